The molecule has 0 aliphatic rings. The summed E-state index contributed by atoms with van der Waals surface area (Å²) in [5, 5.41) is 12.7. The van der Waals surface area contributed by atoms with Crippen molar-refractivity contribution < 1.29 is 5.11 Å². The number of aliphatic hydroxyl groups is 1. The van der Waals surface area contributed by atoms with E-state index in [0.717, 1.165) is 13.0 Å². The molecule has 108 valence electrons. The molecule has 19 heavy (non-hydrogen) atoms. The highest BCUT2D eigenvalue weighted by molar-refractivity contribution is 5.28. The lowest BCUT2D eigenvalue weighted by atomic mass is 9.84. The third-order valence-corrected chi connectivity index (χ3v) is 3.49. The molecule has 0 spiro atoms. The van der Waals surface area contributed by atoms with Crippen LogP contribution in [0.25, 0.3) is 0 Å². The molecule has 1 rings (SSSR count). The first kappa shape index (κ1) is 16.2. The maximum Gasteiger partial charge on any atom is 0.0786 e. The van der Waals surface area contributed by atoms with Crippen molar-refractivity contribution in [3.8, 4) is 0 Å². The van der Waals surface area contributed by atoms with Gasteiger partial charge in [-0.05, 0) is 17.5 Å². The topological polar surface area (TPSA) is 58.3 Å². The average molecular weight is 264 g/mol. The highest BCUT2D eigenvalue weighted by atomic mass is 16.3. The van der Waals surface area contributed by atoms with E-state index in [1.165, 1.54) is 17.5 Å². The summed E-state index contributed by atoms with van der Waals surface area (Å²) in [5.41, 5.74) is 8.16. The van der Waals surface area contributed by atoms with Crippen molar-refractivity contribution in [2.45, 2.75) is 45.1 Å². The van der Waals surface area contributed by atoms with Gasteiger partial charge in [0.2, 0.25) is 0 Å². The van der Waals surface area contributed by atoms with E-state index >= 15 is 0 Å². The van der Waals surface area contributed by atoms with E-state index in [0.29, 0.717) is 13.1 Å². The normalized spacial score (nSPS) is 13.5. The Hall–Kier alpha value is -0.900. The van der Waals surface area contributed by atoms with Crippen molar-refractivity contribution in [2.24, 2.45) is 5.73 Å². The Bertz CT molecular complexity index is 360. The van der Waals surface area contributed by atoms with Crippen molar-refractivity contribution >= 4 is 0 Å². The number of hydrogen-bond donors (Lipinski definition) is 3. The van der Waals surface area contributed by atoms with Gasteiger partial charge in [-0.2, -0.15) is 0 Å². The number of rotatable bonds is 8. The molecule has 1 aromatic rings. The van der Waals surface area contributed by atoms with Crippen LogP contribution >= 0.6 is 0 Å². The average Bonchev–Trinajstić information content (AvgIpc) is 2.39. The molecule has 4 N–H and O–H groups in total. The first-order valence-corrected chi connectivity index (χ1v) is 7.18. The fraction of sp³-hybridized carbons (Fsp3) is 0.625. The molecule has 0 fully saturated rings. The van der Waals surface area contributed by atoms with Gasteiger partial charge in [-0.1, -0.05) is 51.5 Å². The Morgan fingerprint density at radius 2 is 1.89 bits per heavy atom. The summed E-state index contributed by atoms with van der Waals surface area (Å²) in [7, 11) is 0. The van der Waals surface area contributed by atoms with Gasteiger partial charge in [0.25, 0.3) is 0 Å². The van der Waals surface area contributed by atoms with Crippen molar-refractivity contribution in [2.75, 3.05) is 19.6 Å². The molecule has 0 aliphatic heterocycles. The summed E-state index contributed by atoms with van der Waals surface area (Å²) >= 11 is 0. The zero-order chi connectivity index (χ0) is 14.3. The van der Waals surface area contributed by atoms with Gasteiger partial charge in [-0.25, -0.2) is 0 Å². The number of aliphatic hydroxyl groups excluding tert-OH is 1. The molecule has 1 aromatic carbocycles. The van der Waals surface area contributed by atoms with E-state index in [4.69, 9.17) is 5.73 Å². The number of nitrogens with two attached hydrogens (primary N) is 1. The van der Waals surface area contributed by atoms with Crippen LogP contribution in [0.15, 0.2) is 24.3 Å². The first-order chi connectivity index (χ1) is 8.99. The van der Waals surface area contributed by atoms with Crippen molar-refractivity contribution in [3.05, 3.63) is 35.4 Å². The number of benzene rings is 1. The molecule has 0 saturated heterocycles. The highest BCUT2D eigenvalue weighted by Gasteiger charge is 2.20. The molecule has 0 saturated carbocycles. The van der Waals surface area contributed by atoms with Crippen LogP contribution in [-0.4, -0.2) is 30.8 Å². The van der Waals surface area contributed by atoms with Gasteiger partial charge in [0.05, 0.1) is 6.10 Å². The second-order valence-electron chi connectivity index (χ2n) is 5.85. The first-order valence-electron chi connectivity index (χ1n) is 7.18. The molecule has 3 nitrogen and oxygen atoms in total. The van der Waals surface area contributed by atoms with Gasteiger partial charge in [-0.15, -0.1) is 0 Å². The molecular weight excluding hydrogens is 236 g/mol. The van der Waals surface area contributed by atoms with Gasteiger partial charge >= 0.3 is 0 Å². The molecule has 1 atom stereocenters. The summed E-state index contributed by atoms with van der Waals surface area (Å²) in [4.78, 5) is 0. The minimum absolute atomic E-state index is 0.0546. The van der Waals surface area contributed by atoms with Gasteiger partial charge in [0.1, 0.15) is 0 Å². The quantitative estimate of drug-likeness (QED) is 0.671. The fourth-order valence-electron chi connectivity index (χ4n) is 2.15. The van der Waals surface area contributed by atoms with Gasteiger partial charge in [0, 0.05) is 25.0 Å². The Morgan fingerprint density at radius 1 is 1.26 bits per heavy atom. The summed E-state index contributed by atoms with van der Waals surface area (Å²) in [6.07, 6.45) is 1.87. The van der Waals surface area contributed by atoms with E-state index in [1.807, 2.05) is 0 Å². The van der Waals surface area contributed by atoms with Gasteiger partial charge in [-0.3, -0.25) is 0 Å². The third kappa shape index (κ3) is 5.31. The van der Waals surface area contributed by atoms with Crippen LogP contribution in [0.1, 0.15) is 38.3 Å². The molecule has 0 heterocycles. The van der Waals surface area contributed by atoms with E-state index in [1.54, 1.807) is 0 Å². The SMILES string of the molecule is CCCc1ccc(C(C)(C)CNCC(O)CN)cc1. The van der Waals surface area contributed by atoms with E-state index in [9.17, 15) is 5.11 Å². The number of hydrogen-bond acceptors (Lipinski definition) is 3. The van der Waals surface area contributed by atoms with Crippen molar-refractivity contribution in [1.29, 1.82) is 0 Å². The predicted octanol–water partition coefficient (Wildman–Crippen LogP) is 1.83. The summed E-state index contributed by atoms with van der Waals surface area (Å²) in [6, 6.07) is 8.86. The fourth-order valence-corrected chi connectivity index (χ4v) is 2.15. The molecule has 3 heteroatoms. The molecule has 0 amide bonds. The Labute approximate surface area is 117 Å². The van der Waals surface area contributed by atoms with Gasteiger partial charge < -0.3 is 16.2 Å². The van der Waals surface area contributed by atoms with Crippen LogP contribution in [-0.2, 0) is 11.8 Å². The van der Waals surface area contributed by atoms with Crippen LogP contribution in [0.2, 0.25) is 0 Å². The lowest BCUT2D eigenvalue weighted by Crippen LogP contribution is -2.39. The van der Waals surface area contributed by atoms with Gasteiger partial charge in [0.15, 0.2) is 0 Å². The monoisotopic (exact) mass is 264 g/mol. The number of aryl methyl sites for hydroxylation is 1. The predicted molar refractivity (Wildman–Crippen MR) is 81.4 cm³/mol. The zero-order valence-corrected chi connectivity index (χ0v) is 12.4. The van der Waals surface area contributed by atoms with E-state index in [2.05, 4.69) is 50.4 Å². The second-order valence-corrected chi connectivity index (χ2v) is 5.85. The summed E-state index contributed by atoms with van der Waals surface area (Å²) < 4.78 is 0. The molecular formula is C16H28N2O. The van der Waals surface area contributed by atoms with Crippen molar-refractivity contribution in [1.82, 2.24) is 5.32 Å². The lowest BCUT2D eigenvalue weighted by Gasteiger charge is -2.26. The maximum atomic E-state index is 9.43. The summed E-state index contributed by atoms with van der Waals surface area (Å²) in [6.45, 7) is 8.31. The lowest BCUT2D eigenvalue weighted by molar-refractivity contribution is 0.177. The minimum atomic E-state index is -0.456. The molecule has 0 radical (unpaired) electrons. The molecule has 0 aliphatic carbocycles. The maximum absolute atomic E-state index is 9.43. The third-order valence-electron chi connectivity index (χ3n) is 3.49. The van der Waals surface area contributed by atoms with E-state index < -0.39 is 6.10 Å². The molecule has 0 bridgehead atoms. The Kier molecular flexibility index (Phi) is 6.49. The second kappa shape index (κ2) is 7.63. The summed E-state index contributed by atoms with van der Waals surface area (Å²) in [5.74, 6) is 0. The zero-order valence-electron chi connectivity index (χ0n) is 12.4. The standard InChI is InChI=1S/C16H28N2O/c1-4-5-13-6-8-14(9-7-13)16(2,3)12-18-11-15(19)10-17/h6-9,15,18-19H,4-5,10-12,17H2,1-3H3. The Balaban J connectivity index is 2.55. The molecule has 0 aromatic heterocycles. The van der Waals surface area contributed by atoms with Crippen LogP contribution < -0.4 is 11.1 Å². The van der Waals surface area contributed by atoms with Crippen LogP contribution in [0.4, 0.5) is 0 Å². The minimum Gasteiger partial charge on any atom is -0.390 e. The van der Waals surface area contributed by atoms with Crippen molar-refractivity contribution in [3.63, 3.8) is 0 Å². The van der Waals surface area contributed by atoms with Crippen LogP contribution in [0.3, 0.4) is 0 Å². The van der Waals surface area contributed by atoms with E-state index in [-0.39, 0.29) is 5.41 Å². The highest BCUT2D eigenvalue weighted by Crippen LogP contribution is 2.22. The molecule has 1 unspecified atom stereocenters. The van der Waals surface area contributed by atoms with Crippen LogP contribution in [0, 0.1) is 0 Å². The smallest absolute Gasteiger partial charge is 0.0786 e. The number of nitrogens with one attached hydrogen (secondary N) is 1. The Morgan fingerprint density at radius 3 is 2.42 bits per heavy atom. The van der Waals surface area contributed by atoms with Crippen LogP contribution in [0.5, 0.6) is 0 Å². The largest absolute Gasteiger partial charge is 0.390 e.